The lowest BCUT2D eigenvalue weighted by molar-refractivity contribution is -0.0193. The van der Waals surface area contributed by atoms with Gasteiger partial charge in [-0.2, -0.15) is 0 Å². The minimum Gasteiger partial charge on any atom is -0.375 e. The highest BCUT2D eigenvalue weighted by atomic mass is 32.2. The summed E-state index contributed by atoms with van der Waals surface area (Å²) >= 11 is 0. The fourth-order valence-electron chi connectivity index (χ4n) is 3.34. The number of pyridine rings is 1. The summed E-state index contributed by atoms with van der Waals surface area (Å²) in [5.41, 5.74) is 1.19. The number of rotatable bonds is 4. The Morgan fingerprint density at radius 3 is 2.90 bits per heavy atom. The summed E-state index contributed by atoms with van der Waals surface area (Å²) in [5.74, 6) is 0. The van der Waals surface area contributed by atoms with Gasteiger partial charge in [-0.05, 0) is 30.5 Å². The van der Waals surface area contributed by atoms with Crippen molar-refractivity contribution in [3.8, 4) is 0 Å². The average molecular weight is 311 g/mol. The third kappa shape index (κ3) is 3.60. The Balaban J connectivity index is 1.75. The van der Waals surface area contributed by atoms with E-state index in [1.807, 2.05) is 12.1 Å². The molecule has 2 saturated heterocycles. The van der Waals surface area contributed by atoms with Gasteiger partial charge in [0.15, 0.2) is 0 Å². The summed E-state index contributed by atoms with van der Waals surface area (Å²) in [6, 6.07) is 4.12. The van der Waals surface area contributed by atoms with Crippen molar-refractivity contribution < 1.29 is 13.2 Å². The molecule has 21 heavy (non-hydrogen) atoms. The van der Waals surface area contributed by atoms with Gasteiger partial charge in [-0.15, -0.1) is 0 Å². The zero-order chi connectivity index (χ0) is 14.9. The van der Waals surface area contributed by atoms with E-state index >= 15 is 0 Å². The summed E-state index contributed by atoms with van der Waals surface area (Å²) < 4.78 is 31.6. The lowest BCUT2D eigenvalue weighted by Crippen LogP contribution is -2.47. The Bertz CT molecular complexity index is 578. The zero-order valence-electron chi connectivity index (χ0n) is 12.1. The SMILES string of the molecule is CS(=O)(=O)N[C@@H]1CN(Cc2ccncc2)[C@H]2CCCO[C@@H]12. The molecule has 0 radical (unpaired) electrons. The predicted molar refractivity (Wildman–Crippen MR) is 79.2 cm³/mol. The number of hydrogen-bond donors (Lipinski definition) is 1. The van der Waals surface area contributed by atoms with Crippen molar-refractivity contribution in [3.63, 3.8) is 0 Å². The molecule has 2 aliphatic rings. The van der Waals surface area contributed by atoms with Crippen LogP contribution >= 0.6 is 0 Å². The molecule has 6 nitrogen and oxygen atoms in total. The number of ether oxygens (including phenoxy) is 1. The van der Waals surface area contributed by atoms with E-state index in [4.69, 9.17) is 4.74 Å². The lowest BCUT2D eigenvalue weighted by atomic mass is 10.0. The minimum absolute atomic E-state index is 0.0460. The fraction of sp³-hybridized carbons (Fsp3) is 0.643. The third-order valence-corrected chi connectivity index (χ3v) is 4.86. The number of aromatic nitrogens is 1. The van der Waals surface area contributed by atoms with E-state index in [0.29, 0.717) is 13.2 Å². The Kier molecular flexibility index (Phi) is 4.26. The minimum atomic E-state index is -3.22. The van der Waals surface area contributed by atoms with Crippen molar-refractivity contribution in [2.75, 3.05) is 19.4 Å². The lowest BCUT2D eigenvalue weighted by Gasteiger charge is -2.32. The van der Waals surface area contributed by atoms with Crippen molar-refractivity contribution in [1.29, 1.82) is 0 Å². The van der Waals surface area contributed by atoms with Crippen LogP contribution in [0.2, 0.25) is 0 Å². The standard InChI is InChI=1S/C14H21N3O3S/c1-21(18,19)16-12-10-17(9-11-4-6-15-7-5-11)13-3-2-8-20-14(12)13/h4-7,12-14,16H,2-3,8-10H2,1H3/t12-,13+,14+/m1/s1. The number of likely N-dealkylation sites (tertiary alicyclic amines) is 1. The number of nitrogens with zero attached hydrogens (tertiary/aromatic N) is 2. The van der Waals surface area contributed by atoms with Crippen LogP contribution < -0.4 is 4.72 Å². The van der Waals surface area contributed by atoms with Gasteiger partial charge in [0.05, 0.1) is 18.4 Å². The first-order valence-corrected chi connectivity index (χ1v) is 9.14. The molecule has 3 atom stereocenters. The van der Waals surface area contributed by atoms with Crippen LogP contribution in [0.3, 0.4) is 0 Å². The molecule has 0 bridgehead atoms. The molecule has 1 N–H and O–H groups in total. The molecule has 0 unspecified atom stereocenters. The maximum atomic E-state index is 11.5. The predicted octanol–water partition coefficient (Wildman–Crippen LogP) is 0.363. The first-order valence-electron chi connectivity index (χ1n) is 7.25. The molecular formula is C14H21N3O3S. The van der Waals surface area contributed by atoms with Crippen LogP contribution in [0.15, 0.2) is 24.5 Å². The van der Waals surface area contributed by atoms with Crippen LogP contribution in [0.25, 0.3) is 0 Å². The first kappa shape index (κ1) is 14.9. The van der Waals surface area contributed by atoms with Gasteiger partial charge in [-0.3, -0.25) is 9.88 Å². The summed E-state index contributed by atoms with van der Waals surface area (Å²) in [6.07, 6.45) is 6.81. The van der Waals surface area contributed by atoms with Crippen LogP contribution in [0.4, 0.5) is 0 Å². The highest BCUT2D eigenvalue weighted by Gasteiger charge is 2.44. The molecule has 116 valence electrons. The van der Waals surface area contributed by atoms with E-state index < -0.39 is 10.0 Å². The molecule has 1 aromatic rings. The normalized spacial score (nSPS) is 30.2. The quantitative estimate of drug-likeness (QED) is 0.869. The topological polar surface area (TPSA) is 71.5 Å². The second kappa shape index (κ2) is 6.00. The smallest absolute Gasteiger partial charge is 0.209 e. The third-order valence-electron chi connectivity index (χ3n) is 4.13. The van der Waals surface area contributed by atoms with Crippen molar-refractivity contribution in [1.82, 2.24) is 14.6 Å². The van der Waals surface area contributed by atoms with Gasteiger partial charge in [0, 0.05) is 38.1 Å². The summed E-state index contributed by atoms with van der Waals surface area (Å²) in [6.45, 7) is 2.20. The van der Waals surface area contributed by atoms with Crippen molar-refractivity contribution in [2.45, 2.75) is 37.6 Å². The number of nitrogens with one attached hydrogen (secondary N) is 1. The molecule has 0 saturated carbocycles. The molecule has 0 aromatic carbocycles. The maximum absolute atomic E-state index is 11.5. The Morgan fingerprint density at radius 1 is 1.43 bits per heavy atom. The highest BCUT2D eigenvalue weighted by molar-refractivity contribution is 7.88. The van der Waals surface area contributed by atoms with E-state index in [0.717, 1.165) is 19.4 Å². The van der Waals surface area contributed by atoms with Gasteiger partial charge < -0.3 is 4.74 Å². The number of hydrogen-bond acceptors (Lipinski definition) is 5. The van der Waals surface area contributed by atoms with E-state index in [1.54, 1.807) is 12.4 Å². The van der Waals surface area contributed by atoms with Crippen LogP contribution in [-0.4, -0.2) is 55.9 Å². The molecule has 2 aliphatic heterocycles. The molecule has 3 heterocycles. The van der Waals surface area contributed by atoms with Gasteiger partial charge in [0.2, 0.25) is 10.0 Å². The monoisotopic (exact) mass is 311 g/mol. The molecule has 7 heteroatoms. The maximum Gasteiger partial charge on any atom is 0.209 e. The van der Waals surface area contributed by atoms with Crippen molar-refractivity contribution >= 4 is 10.0 Å². The van der Waals surface area contributed by atoms with Crippen LogP contribution in [0.5, 0.6) is 0 Å². The van der Waals surface area contributed by atoms with Gasteiger partial charge in [0.1, 0.15) is 0 Å². The first-order chi connectivity index (χ1) is 10.0. The largest absolute Gasteiger partial charge is 0.375 e. The molecular weight excluding hydrogens is 290 g/mol. The van der Waals surface area contributed by atoms with E-state index in [2.05, 4.69) is 14.6 Å². The molecule has 3 rings (SSSR count). The molecule has 2 fully saturated rings. The summed E-state index contributed by atoms with van der Waals surface area (Å²) in [5, 5.41) is 0. The van der Waals surface area contributed by atoms with E-state index in [9.17, 15) is 8.42 Å². The average Bonchev–Trinajstić information content (AvgIpc) is 2.77. The number of sulfonamides is 1. The van der Waals surface area contributed by atoms with Gasteiger partial charge in [-0.1, -0.05) is 0 Å². The zero-order valence-corrected chi connectivity index (χ0v) is 12.9. The van der Waals surface area contributed by atoms with E-state index in [-0.39, 0.29) is 18.2 Å². The van der Waals surface area contributed by atoms with Crippen LogP contribution in [0, 0.1) is 0 Å². The number of fused-ring (bicyclic) bond motifs is 1. The Hall–Kier alpha value is -1.02. The van der Waals surface area contributed by atoms with Gasteiger partial charge in [-0.25, -0.2) is 13.1 Å². The highest BCUT2D eigenvalue weighted by Crippen LogP contribution is 2.30. The summed E-state index contributed by atoms with van der Waals surface area (Å²) in [7, 11) is -3.22. The van der Waals surface area contributed by atoms with Crippen LogP contribution in [0.1, 0.15) is 18.4 Å². The molecule has 0 spiro atoms. The van der Waals surface area contributed by atoms with Crippen LogP contribution in [-0.2, 0) is 21.3 Å². The Labute approximate surface area is 125 Å². The van der Waals surface area contributed by atoms with Crippen molar-refractivity contribution in [3.05, 3.63) is 30.1 Å². The molecule has 0 amide bonds. The second-order valence-corrected chi connectivity index (χ2v) is 7.61. The summed E-state index contributed by atoms with van der Waals surface area (Å²) in [4.78, 5) is 6.35. The fourth-order valence-corrected chi connectivity index (χ4v) is 4.10. The molecule has 1 aromatic heterocycles. The van der Waals surface area contributed by atoms with Gasteiger partial charge >= 0.3 is 0 Å². The van der Waals surface area contributed by atoms with Gasteiger partial charge in [0.25, 0.3) is 0 Å². The Morgan fingerprint density at radius 2 is 2.19 bits per heavy atom. The van der Waals surface area contributed by atoms with Crippen molar-refractivity contribution in [2.24, 2.45) is 0 Å². The molecule has 0 aliphatic carbocycles. The van der Waals surface area contributed by atoms with E-state index in [1.165, 1.54) is 11.8 Å². The second-order valence-electron chi connectivity index (χ2n) is 5.83.